The van der Waals surface area contributed by atoms with Gasteiger partial charge in [-0.3, -0.25) is 4.79 Å². The fraction of sp³-hybridized carbons (Fsp3) is 0.467. The number of nitrogens with zero attached hydrogens (tertiary/aromatic N) is 2. The number of rotatable bonds is 1. The molecule has 0 atom stereocenters. The number of carbonyl (C=O) groups is 1. The zero-order valence-corrected chi connectivity index (χ0v) is 14.1. The Bertz CT molecular complexity index is 708. The summed E-state index contributed by atoms with van der Waals surface area (Å²) in [5, 5.41) is 0.927. The lowest BCUT2D eigenvalue weighted by Crippen LogP contribution is -2.46. The van der Waals surface area contributed by atoms with Crippen molar-refractivity contribution < 1.29 is 4.79 Å². The van der Waals surface area contributed by atoms with E-state index in [1.165, 1.54) is 11.3 Å². The first-order valence-electron chi connectivity index (χ1n) is 6.96. The van der Waals surface area contributed by atoms with Crippen LogP contribution in [-0.2, 0) is 0 Å². The Kier molecular flexibility index (Phi) is 3.61. The lowest BCUT2D eigenvalue weighted by molar-refractivity contribution is 0.0754. The number of amides is 1. The second-order valence-corrected chi connectivity index (χ2v) is 8.79. The Balaban J connectivity index is 1.99. The fourth-order valence-corrected chi connectivity index (χ4v) is 4.92. The SMILES string of the molecule is Cc1ccnc2sc(C(=O)N3CCSC(C)(C)C3)c(N)c12. The molecule has 21 heavy (non-hydrogen) atoms. The summed E-state index contributed by atoms with van der Waals surface area (Å²) in [5.41, 5.74) is 7.89. The number of hydrogen-bond acceptors (Lipinski definition) is 5. The van der Waals surface area contributed by atoms with Crippen LogP contribution in [0.3, 0.4) is 0 Å². The summed E-state index contributed by atoms with van der Waals surface area (Å²) in [4.78, 5) is 20.6. The first-order valence-corrected chi connectivity index (χ1v) is 8.76. The molecule has 2 aromatic rings. The summed E-state index contributed by atoms with van der Waals surface area (Å²) in [6.07, 6.45) is 1.77. The number of nitrogen functional groups attached to an aromatic ring is 1. The topological polar surface area (TPSA) is 59.2 Å². The summed E-state index contributed by atoms with van der Waals surface area (Å²) in [6, 6.07) is 1.93. The van der Waals surface area contributed by atoms with Crippen molar-refractivity contribution in [3.63, 3.8) is 0 Å². The standard InChI is InChI=1S/C15H19N3OS2/c1-9-4-5-17-13-10(9)11(16)12(21-13)14(19)18-6-7-20-15(2,3)8-18/h4-5H,6-8,16H2,1-3H3. The van der Waals surface area contributed by atoms with Gasteiger partial charge in [0.25, 0.3) is 5.91 Å². The molecule has 6 heteroatoms. The number of hydrogen-bond donors (Lipinski definition) is 1. The third-order valence-electron chi connectivity index (χ3n) is 3.74. The largest absolute Gasteiger partial charge is 0.397 e. The van der Waals surface area contributed by atoms with Crippen molar-refractivity contribution in [2.75, 3.05) is 24.6 Å². The van der Waals surface area contributed by atoms with Crippen molar-refractivity contribution in [2.24, 2.45) is 0 Å². The number of aromatic nitrogens is 1. The molecule has 1 amide bonds. The van der Waals surface area contributed by atoms with Crippen LogP contribution >= 0.6 is 23.1 Å². The second kappa shape index (κ2) is 5.18. The van der Waals surface area contributed by atoms with Crippen molar-refractivity contribution in [1.82, 2.24) is 9.88 Å². The van der Waals surface area contributed by atoms with Gasteiger partial charge in [-0.1, -0.05) is 0 Å². The maximum atomic E-state index is 12.8. The Morgan fingerprint density at radius 1 is 1.48 bits per heavy atom. The highest BCUT2D eigenvalue weighted by atomic mass is 32.2. The second-order valence-electron chi connectivity index (χ2n) is 5.99. The molecule has 1 aliphatic heterocycles. The third kappa shape index (κ3) is 2.62. The summed E-state index contributed by atoms with van der Waals surface area (Å²) >= 11 is 3.32. The Morgan fingerprint density at radius 3 is 2.90 bits per heavy atom. The van der Waals surface area contributed by atoms with Crippen molar-refractivity contribution >= 4 is 44.9 Å². The molecule has 3 rings (SSSR count). The molecule has 2 aromatic heterocycles. The minimum Gasteiger partial charge on any atom is -0.397 e. The van der Waals surface area contributed by atoms with Crippen molar-refractivity contribution in [3.8, 4) is 0 Å². The van der Waals surface area contributed by atoms with E-state index in [-0.39, 0.29) is 10.7 Å². The van der Waals surface area contributed by atoms with E-state index < -0.39 is 0 Å². The van der Waals surface area contributed by atoms with E-state index in [0.717, 1.165) is 34.6 Å². The first-order chi connectivity index (χ1) is 9.89. The molecule has 1 aliphatic rings. The van der Waals surface area contributed by atoms with E-state index in [4.69, 9.17) is 5.73 Å². The third-order valence-corrected chi connectivity index (χ3v) is 6.14. The van der Waals surface area contributed by atoms with Crippen LogP contribution in [-0.4, -0.2) is 39.4 Å². The van der Waals surface area contributed by atoms with E-state index >= 15 is 0 Å². The van der Waals surface area contributed by atoms with Crippen LogP contribution in [0, 0.1) is 6.92 Å². The average molecular weight is 321 g/mol. The molecule has 4 nitrogen and oxygen atoms in total. The van der Waals surface area contributed by atoms with Gasteiger partial charge >= 0.3 is 0 Å². The zero-order valence-electron chi connectivity index (χ0n) is 12.5. The molecule has 0 aliphatic carbocycles. The van der Waals surface area contributed by atoms with Crippen LogP contribution in [0.2, 0.25) is 0 Å². The van der Waals surface area contributed by atoms with Crippen LogP contribution in [0.4, 0.5) is 5.69 Å². The number of anilines is 1. The van der Waals surface area contributed by atoms with Crippen molar-refractivity contribution in [3.05, 3.63) is 22.7 Å². The molecule has 2 N–H and O–H groups in total. The monoisotopic (exact) mass is 321 g/mol. The molecule has 0 saturated carbocycles. The highest BCUT2D eigenvalue weighted by molar-refractivity contribution is 8.00. The number of thiophene rings is 1. The van der Waals surface area contributed by atoms with Crippen LogP contribution < -0.4 is 5.73 Å². The first kappa shape index (κ1) is 14.7. The highest BCUT2D eigenvalue weighted by Crippen LogP contribution is 2.37. The number of carbonyl (C=O) groups excluding carboxylic acids is 1. The van der Waals surface area contributed by atoms with Gasteiger partial charge in [-0.2, -0.15) is 11.8 Å². The normalized spacial score (nSPS) is 18.1. The fourth-order valence-electron chi connectivity index (χ4n) is 2.70. The smallest absolute Gasteiger partial charge is 0.266 e. The Morgan fingerprint density at radius 2 is 2.24 bits per heavy atom. The van der Waals surface area contributed by atoms with Gasteiger partial charge in [0.1, 0.15) is 9.71 Å². The van der Waals surface area contributed by atoms with E-state index in [1.54, 1.807) is 6.20 Å². The molecule has 0 bridgehead atoms. The average Bonchev–Trinajstić information content (AvgIpc) is 2.75. The van der Waals surface area contributed by atoms with Gasteiger partial charge in [0.15, 0.2) is 0 Å². The minimum absolute atomic E-state index is 0.0447. The molecule has 1 saturated heterocycles. The Labute approximate surface area is 132 Å². The van der Waals surface area contributed by atoms with Crippen LogP contribution in [0.5, 0.6) is 0 Å². The van der Waals surface area contributed by atoms with Gasteiger partial charge in [-0.15, -0.1) is 11.3 Å². The van der Waals surface area contributed by atoms with Crippen LogP contribution in [0.1, 0.15) is 29.1 Å². The summed E-state index contributed by atoms with van der Waals surface area (Å²) in [5.74, 6) is 1.02. The molecule has 0 unspecified atom stereocenters. The molecular weight excluding hydrogens is 302 g/mol. The van der Waals surface area contributed by atoms with Gasteiger partial charge in [0, 0.05) is 35.2 Å². The molecule has 112 valence electrons. The van der Waals surface area contributed by atoms with Gasteiger partial charge in [0.2, 0.25) is 0 Å². The summed E-state index contributed by atoms with van der Waals surface area (Å²) in [6.45, 7) is 7.90. The summed E-state index contributed by atoms with van der Waals surface area (Å²) in [7, 11) is 0. The number of fused-ring (bicyclic) bond motifs is 1. The molecule has 0 aromatic carbocycles. The van der Waals surface area contributed by atoms with Crippen molar-refractivity contribution in [1.29, 1.82) is 0 Å². The lowest BCUT2D eigenvalue weighted by atomic mass is 10.1. The van der Waals surface area contributed by atoms with Crippen molar-refractivity contribution in [2.45, 2.75) is 25.5 Å². The number of pyridine rings is 1. The van der Waals surface area contributed by atoms with Crippen LogP contribution in [0.15, 0.2) is 12.3 Å². The minimum atomic E-state index is 0.0447. The van der Waals surface area contributed by atoms with Crippen LogP contribution in [0.25, 0.3) is 10.2 Å². The van der Waals surface area contributed by atoms with E-state index in [1.807, 2.05) is 29.7 Å². The van der Waals surface area contributed by atoms with Gasteiger partial charge in [-0.05, 0) is 32.4 Å². The molecular formula is C15H19N3OS2. The van der Waals surface area contributed by atoms with Gasteiger partial charge in [-0.25, -0.2) is 4.98 Å². The maximum Gasteiger partial charge on any atom is 0.266 e. The quantitative estimate of drug-likeness (QED) is 0.876. The number of nitrogens with two attached hydrogens (primary N) is 1. The predicted molar refractivity (Wildman–Crippen MR) is 91.2 cm³/mol. The number of thioether (sulfide) groups is 1. The highest BCUT2D eigenvalue weighted by Gasteiger charge is 2.32. The van der Waals surface area contributed by atoms with E-state index in [0.29, 0.717) is 10.6 Å². The molecule has 0 spiro atoms. The Hall–Kier alpha value is -1.27. The van der Waals surface area contributed by atoms with E-state index in [2.05, 4.69) is 18.8 Å². The van der Waals surface area contributed by atoms with Gasteiger partial charge in [0.05, 0.1) is 5.69 Å². The molecule has 0 radical (unpaired) electrons. The van der Waals surface area contributed by atoms with E-state index in [9.17, 15) is 4.79 Å². The lowest BCUT2D eigenvalue weighted by Gasteiger charge is -2.37. The predicted octanol–water partition coefficient (Wildman–Crippen LogP) is 3.15. The molecule has 1 fully saturated rings. The van der Waals surface area contributed by atoms with Gasteiger partial charge < -0.3 is 10.6 Å². The maximum absolute atomic E-state index is 12.8. The summed E-state index contributed by atoms with van der Waals surface area (Å²) < 4.78 is 0.105. The molecule has 3 heterocycles. The zero-order chi connectivity index (χ0) is 15.2. The number of aryl methyl sites for hydroxylation is 1.